The molecule has 9 nitrogen and oxygen atoms in total. The van der Waals surface area contributed by atoms with Crippen molar-refractivity contribution in [2.75, 3.05) is 10.6 Å². The number of nitrogens with one attached hydrogen (secondary N) is 3. The van der Waals surface area contributed by atoms with E-state index in [1.165, 1.54) is 12.1 Å². The van der Waals surface area contributed by atoms with E-state index >= 15 is 0 Å². The first kappa shape index (κ1) is 24.9. The van der Waals surface area contributed by atoms with E-state index in [4.69, 9.17) is 4.42 Å². The van der Waals surface area contributed by atoms with Crippen LogP contribution in [0.3, 0.4) is 0 Å². The zero-order chi connectivity index (χ0) is 26.6. The Bertz CT molecular complexity index is 1540. The van der Waals surface area contributed by atoms with Crippen molar-refractivity contribution in [3.8, 4) is 11.5 Å². The highest BCUT2D eigenvalue weighted by molar-refractivity contribution is 5.79. The highest BCUT2D eigenvalue weighted by Gasteiger charge is 2.21. The van der Waals surface area contributed by atoms with E-state index in [2.05, 4.69) is 30.8 Å². The number of aryl methyl sites for hydroxylation is 2. The highest BCUT2D eigenvalue weighted by atomic mass is 19.1. The van der Waals surface area contributed by atoms with Gasteiger partial charge in [-0.25, -0.2) is 14.2 Å². The van der Waals surface area contributed by atoms with E-state index < -0.39 is 12.0 Å². The molecule has 194 valence electrons. The number of hydrogen-bond acceptors (Lipinski definition) is 7. The topological polar surface area (TPSA) is 129 Å². The molecule has 0 aliphatic heterocycles. The first-order valence-corrected chi connectivity index (χ1v) is 12.3. The monoisotopic (exact) mass is 514 g/mol. The lowest BCUT2D eigenvalue weighted by Gasteiger charge is -2.20. The average Bonchev–Trinajstić information content (AvgIpc) is 3.55. The number of benzene rings is 3. The molecule has 0 radical (unpaired) electrons. The number of para-hydroxylation sites is 2. The first-order chi connectivity index (χ1) is 18.4. The van der Waals surface area contributed by atoms with Crippen molar-refractivity contribution in [3.05, 3.63) is 89.1 Å². The number of anilines is 2. The molecule has 10 heteroatoms. The predicted octanol–water partition coefficient (Wildman–Crippen LogP) is 5.34. The van der Waals surface area contributed by atoms with Gasteiger partial charge in [-0.05, 0) is 66.4 Å². The maximum Gasteiger partial charge on any atom is 0.326 e. The largest absolute Gasteiger partial charge is 0.480 e. The van der Waals surface area contributed by atoms with E-state index in [9.17, 15) is 14.3 Å². The molecule has 3 aromatic carbocycles. The third-order valence-corrected chi connectivity index (χ3v) is 6.28. The molecule has 0 saturated carbocycles. The third-order valence-electron chi connectivity index (χ3n) is 6.28. The van der Waals surface area contributed by atoms with Gasteiger partial charge in [-0.3, -0.25) is 0 Å². The van der Waals surface area contributed by atoms with Crippen molar-refractivity contribution in [2.24, 2.45) is 0 Å². The molecule has 0 fully saturated rings. The van der Waals surface area contributed by atoms with Crippen LogP contribution in [0.25, 0.3) is 22.5 Å². The number of hydrogen-bond donors (Lipinski definition) is 4. The van der Waals surface area contributed by atoms with Gasteiger partial charge in [0, 0.05) is 17.7 Å². The number of fused-ring (bicyclic) bond motifs is 1. The van der Waals surface area contributed by atoms with Crippen LogP contribution in [-0.2, 0) is 24.2 Å². The van der Waals surface area contributed by atoms with Crippen LogP contribution in [0, 0.1) is 12.7 Å². The number of rotatable bonds is 10. The Morgan fingerprint density at radius 3 is 2.66 bits per heavy atom. The predicted molar refractivity (Wildman–Crippen MR) is 142 cm³/mol. The number of aromatic nitrogens is 4. The molecule has 1 unspecified atom stereocenters. The summed E-state index contributed by atoms with van der Waals surface area (Å²) in [6.07, 6.45) is 0.827. The smallest absolute Gasteiger partial charge is 0.326 e. The number of aliphatic carboxylic acids is 1. The minimum Gasteiger partial charge on any atom is -0.480 e. The number of carboxylic acid groups (broad SMARTS) is 1. The summed E-state index contributed by atoms with van der Waals surface area (Å²) >= 11 is 0. The van der Waals surface area contributed by atoms with Gasteiger partial charge in [0.25, 0.3) is 0 Å². The molecule has 0 spiro atoms. The zero-order valence-electron chi connectivity index (χ0n) is 21.0. The molecule has 2 aromatic heterocycles. The fourth-order valence-electron chi connectivity index (χ4n) is 4.33. The second kappa shape index (κ2) is 10.7. The number of halogens is 1. The minimum atomic E-state index is -0.988. The molecule has 0 bridgehead atoms. The van der Waals surface area contributed by atoms with Gasteiger partial charge in [0.15, 0.2) is 0 Å². The van der Waals surface area contributed by atoms with E-state index in [0.29, 0.717) is 41.9 Å². The third kappa shape index (κ3) is 5.49. The lowest BCUT2D eigenvalue weighted by atomic mass is 10.0. The normalized spacial score (nSPS) is 12.0. The average molecular weight is 515 g/mol. The van der Waals surface area contributed by atoms with Gasteiger partial charge in [-0.15, -0.1) is 10.2 Å². The van der Waals surface area contributed by atoms with Gasteiger partial charge in [-0.1, -0.05) is 31.2 Å². The molecular formula is C28H27FN6O3. The number of carbonyl (C=O) groups is 1. The van der Waals surface area contributed by atoms with Crippen molar-refractivity contribution in [2.45, 2.75) is 39.3 Å². The summed E-state index contributed by atoms with van der Waals surface area (Å²) in [7, 11) is 0. The first-order valence-electron chi connectivity index (χ1n) is 12.3. The number of imidazole rings is 1. The summed E-state index contributed by atoms with van der Waals surface area (Å²) in [4.78, 5) is 19.7. The van der Waals surface area contributed by atoms with Crippen molar-refractivity contribution in [1.82, 2.24) is 20.2 Å². The highest BCUT2D eigenvalue weighted by Crippen LogP contribution is 2.25. The second-order valence-electron chi connectivity index (χ2n) is 9.00. The lowest BCUT2D eigenvalue weighted by Crippen LogP contribution is -2.32. The molecule has 4 N–H and O–H groups in total. The molecular weight excluding hydrogens is 487 g/mol. The van der Waals surface area contributed by atoms with E-state index in [1.807, 2.05) is 55.5 Å². The van der Waals surface area contributed by atoms with Crippen LogP contribution >= 0.6 is 0 Å². The van der Waals surface area contributed by atoms with Crippen LogP contribution in [0.15, 0.2) is 65.1 Å². The molecule has 5 aromatic rings. The van der Waals surface area contributed by atoms with Gasteiger partial charge in [0.05, 0.1) is 17.6 Å². The van der Waals surface area contributed by atoms with Gasteiger partial charge in [-0.2, -0.15) is 0 Å². The summed E-state index contributed by atoms with van der Waals surface area (Å²) in [5.74, 6) is 0.0560. The van der Waals surface area contributed by atoms with Crippen LogP contribution in [-0.4, -0.2) is 37.3 Å². The lowest BCUT2D eigenvalue weighted by molar-refractivity contribution is -0.137. The molecule has 0 amide bonds. The summed E-state index contributed by atoms with van der Waals surface area (Å²) in [5.41, 5.74) is 5.40. The SMILES string of the molecule is CCc1cc(F)cc(C)c1NC(Cc1ccc(-c2nnc(CNc3nc4ccccc4[nH]3)o2)cc1)C(=O)O. The Balaban J connectivity index is 1.24. The standard InChI is InChI=1S/C28H27FN6O3/c1-3-18-14-20(29)12-16(2)25(18)31-23(27(36)37)13-17-8-10-19(11-9-17)26-35-34-24(38-26)15-30-28-32-21-6-4-5-7-22(21)33-28/h4-12,14,23,31H,3,13,15H2,1-2H3,(H,36,37)(H2,30,32,33). The second-order valence-corrected chi connectivity index (χ2v) is 9.00. The Kier molecular flexibility index (Phi) is 7.03. The van der Waals surface area contributed by atoms with Crippen LogP contribution in [0.4, 0.5) is 16.0 Å². The van der Waals surface area contributed by atoms with Gasteiger partial charge in [0.1, 0.15) is 11.9 Å². The summed E-state index contributed by atoms with van der Waals surface area (Å²) in [6, 6.07) is 17.0. The summed E-state index contributed by atoms with van der Waals surface area (Å²) in [6.45, 7) is 3.98. The maximum absolute atomic E-state index is 13.8. The molecule has 2 heterocycles. The van der Waals surface area contributed by atoms with Gasteiger partial charge in [0.2, 0.25) is 17.7 Å². The summed E-state index contributed by atoms with van der Waals surface area (Å²) < 4.78 is 19.6. The quantitative estimate of drug-likeness (QED) is 0.197. The van der Waals surface area contributed by atoms with Crippen LogP contribution in [0.1, 0.15) is 29.5 Å². The van der Waals surface area contributed by atoms with Crippen LogP contribution in [0.5, 0.6) is 0 Å². The molecule has 38 heavy (non-hydrogen) atoms. The zero-order valence-corrected chi connectivity index (χ0v) is 21.0. The van der Waals surface area contributed by atoms with Crippen molar-refractivity contribution in [1.29, 1.82) is 0 Å². The maximum atomic E-state index is 13.8. The minimum absolute atomic E-state index is 0.242. The molecule has 5 rings (SSSR count). The summed E-state index contributed by atoms with van der Waals surface area (Å²) in [5, 5.41) is 24.3. The Hall–Kier alpha value is -4.73. The fourth-order valence-corrected chi connectivity index (χ4v) is 4.33. The molecule has 0 aliphatic carbocycles. The molecule has 1 atom stereocenters. The Labute approximate surface area is 218 Å². The molecule has 0 aliphatic rings. The Morgan fingerprint density at radius 1 is 1.13 bits per heavy atom. The fraction of sp³-hybridized carbons (Fsp3) is 0.214. The number of H-pyrrole nitrogens is 1. The van der Waals surface area contributed by atoms with Crippen molar-refractivity contribution in [3.63, 3.8) is 0 Å². The molecule has 0 saturated heterocycles. The van der Waals surface area contributed by atoms with E-state index in [-0.39, 0.29) is 12.2 Å². The Morgan fingerprint density at radius 2 is 1.92 bits per heavy atom. The van der Waals surface area contributed by atoms with Gasteiger partial charge >= 0.3 is 5.97 Å². The van der Waals surface area contributed by atoms with Crippen molar-refractivity contribution >= 4 is 28.6 Å². The number of aromatic amines is 1. The number of nitrogens with zero attached hydrogens (tertiary/aromatic N) is 3. The van der Waals surface area contributed by atoms with Crippen molar-refractivity contribution < 1.29 is 18.7 Å². The van der Waals surface area contributed by atoms with Crippen LogP contribution < -0.4 is 10.6 Å². The van der Waals surface area contributed by atoms with Crippen LogP contribution in [0.2, 0.25) is 0 Å². The van der Waals surface area contributed by atoms with E-state index in [1.54, 1.807) is 6.92 Å². The van der Waals surface area contributed by atoms with E-state index in [0.717, 1.165) is 27.7 Å². The van der Waals surface area contributed by atoms with Gasteiger partial charge < -0.3 is 25.1 Å². The number of carboxylic acids is 1.